The van der Waals surface area contributed by atoms with Crippen molar-refractivity contribution in [3.8, 4) is 0 Å². The topological polar surface area (TPSA) is 12.0 Å². The van der Waals surface area contributed by atoms with E-state index in [0.717, 1.165) is 18.5 Å². The van der Waals surface area contributed by atoms with Crippen LogP contribution in [-0.2, 0) is 0 Å². The first kappa shape index (κ1) is 16.6. The largest absolute Gasteiger partial charge is 0.306 e. The summed E-state index contributed by atoms with van der Waals surface area (Å²) < 4.78 is 28.6. The molecule has 2 rings (SSSR count). The Kier molecular flexibility index (Phi) is 5.90. The zero-order valence-electron chi connectivity index (χ0n) is 11.5. The van der Waals surface area contributed by atoms with Crippen molar-refractivity contribution < 1.29 is 8.78 Å². The van der Waals surface area contributed by atoms with E-state index in [1.165, 1.54) is 6.07 Å². The van der Waals surface area contributed by atoms with Gasteiger partial charge in [-0.2, -0.15) is 0 Å². The fraction of sp³-hybridized carbons (Fsp3) is 0.250. The molecular weight excluding hydrogens is 404 g/mol. The number of halogens is 4. The van der Waals surface area contributed by atoms with Crippen molar-refractivity contribution in [3.63, 3.8) is 0 Å². The quantitative estimate of drug-likeness (QED) is 0.668. The Labute approximate surface area is 140 Å². The van der Waals surface area contributed by atoms with Gasteiger partial charge in [0.25, 0.3) is 0 Å². The number of nitrogens with one attached hydrogen (secondary N) is 1. The van der Waals surface area contributed by atoms with Gasteiger partial charge < -0.3 is 5.32 Å². The van der Waals surface area contributed by atoms with Crippen LogP contribution in [0.5, 0.6) is 0 Å². The number of benzene rings is 2. The maximum Gasteiger partial charge on any atom is 0.142 e. The summed E-state index contributed by atoms with van der Waals surface area (Å²) in [6, 6.07) is 9.62. The van der Waals surface area contributed by atoms with Gasteiger partial charge in [0.05, 0.1) is 15.0 Å². The van der Waals surface area contributed by atoms with Crippen molar-refractivity contribution >= 4 is 31.9 Å². The second-order valence-electron chi connectivity index (χ2n) is 4.70. The number of rotatable bonds is 5. The van der Waals surface area contributed by atoms with Gasteiger partial charge in [-0.05, 0) is 68.6 Å². The Morgan fingerprint density at radius 1 is 1.10 bits per heavy atom. The van der Waals surface area contributed by atoms with Gasteiger partial charge in [0.2, 0.25) is 0 Å². The predicted octanol–water partition coefficient (Wildman–Crippen LogP) is 5.58. The highest BCUT2D eigenvalue weighted by Gasteiger charge is 2.19. The average Bonchev–Trinajstić information content (AvgIpc) is 2.47. The van der Waals surface area contributed by atoms with E-state index in [-0.39, 0.29) is 17.7 Å². The smallest absolute Gasteiger partial charge is 0.142 e. The average molecular weight is 419 g/mol. The van der Waals surface area contributed by atoms with Crippen LogP contribution >= 0.6 is 31.9 Å². The standard InChI is InChI=1S/C16H15Br2F2N/c1-2-8-21-16(10-6-7-14(19)13(18)9-10)11-4-3-5-12(17)15(11)20/h3-7,9,16,21H,2,8H2,1H3. The summed E-state index contributed by atoms with van der Waals surface area (Å²) in [7, 11) is 0. The Bertz CT molecular complexity index is 632. The Hall–Kier alpha value is -0.780. The van der Waals surface area contributed by atoms with Crippen molar-refractivity contribution in [1.82, 2.24) is 5.32 Å². The highest BCUT2D eigenvalue weighted by atomic mass is 79.9. The lowest BCUT2D eigenvalue weighted by molar-refractivity contribution is 0.542. The Morgan fingerprint density at radius 2 is 1.86 bits per heavy atom. The molecule has 0 fully saturated rings. The summed E-state index contributed by atoms with van der Waals surface area (Å²) in [5.41, 5.74) is 1.35. The lowest BCUT2D eigenvalue weighted by Crippen LogP contribution is -2.24. The van der Waals surface area contributed by atoms with E-state index in [0.29, 0.717) is 14.5 Å². The normalized spacial score (nSPS) is 12.4. The molecule has 5 heteroatoms. The number of hydrogen-bond acceptors (Lipinski definition) is 1. The molecule has 0 aliphatic heterocycles. The highest BCUT2D eigenvalue weighted by Crippen LogP contribution is 2.30. The first-order valence-electron chi connectivity index (χ1n) is 6.66. The van der Waals surface area contributed by atoms with Crippen LogP contribution in [0.15, 0.2) is 45.3 Å². The molecule has 0 aromatic heterocycles. The summed E-state index contributed by atoms with van der Waals surface area (Å²) in [6.45, 7) is 2.79. The molecule has 1 nitrogen and oxygen atoms in total. The van der Waals surface area contributed by atoms with E-state index in [1.807, 2.05) is 6.92 Å². The fourth-order valence-electron chi connectivity index (χ4n) is 2.13. The van der Waals surface area contributed by atoms with Crippen LogP contribution < -0.4 is 5.32 Å². The van der Waals surface area contributed by atoms with Crippen molar-refractivity contribution in [1.29, 1.82) is 0 Å². The minimum atomic E-state index is -0.331. The molecule has 0 aliphatic carbocycles. The van der Waals surface area contributed by atoms with Gasteiger partial charge in [0, 0.05) is 5.56 Å². The zero-order chi connectivity index (χ0) is 15.4. The summed E-state index contributed by atoms with van der Waals surface area (Å²) in [6.07, 6.45) is 0.925. The molecule has 0 aliphatic rings. The molecule has 0 bridgehead atoms. The minimum Gasteiger partial charge on any atom is -0.306 e. The third kappa shape index (κ3) is 3.90. The maximum absolute atomic E-state index is 14.4. The molecule has 0 saturated carbocycles. The molecule has 2 aromatic carbocycles. The monoisotopic (exact) mass is 417 g/mol. The summed E-state index contributed by atoms with van der Waals surface area (Å²) >= 11 is 6.39. The van der Waals surface area contributed by atoms with Crippen molar-refractivity contribution in [2.24, 2.45) is 0 Å². The molecular formula is C16H15Br2F2N. The van der Waals surface area contributed by atoms with Gasteiger partial charge in [-0.25, -0.2) is 8.78 Å². The van der Waals surface area contributed by atoms with E-state index in [1.54, 1.807) is 30.3 Å². The lowest BCUT2D eigenvalue weighted by Gasteiger charge is -2.21. The minimum absolute atomic E-state index is 0.299. The van der Waals surface area contributed by atoms with E-state index < -0.39 is 0 Å². The van der Waals surface area contributed by atoms with Crippen LogP contribution in [0.25, 0.3) is 0 Å². The van der Waals surface area contributed by atoms with Gasteiger partial charge in [-0.15, -0.1) is 0 Å². The van der Waals surface area contributed by atoms with Gasteiger partial charge in [0.1, 0.15) is 11.6 Å². The zero-order valence-corrected chi connectivity index (χ0v) is 14.6. The molecule has 2 aromatic rings. The first-order valence-corrected chi connectivity index (χ1v) is 8.25. The van der Waals surface area contributed by atoms with Crippen molar-refractivity contribution in [3.05, 3.63) is 68.1 Å². The SMILES string of the molecule is CCCNC(c1ccc(F)c(Br)c1)c1cccc(Br)c1F. The van der Waals surface area contributed by atoms with E-state index in [9.17, 15) is 8.78 Å². The molecule has 1 unspecified atom stereocenters. The molecule has 0 heterocycles. The van der Waals surface area contributed by atoms with Gasteiger partial charge >= 0.3 is 0 Å². The molecule has 0 spiro atoms. The molecule has 0 saturated heterocycles. The van der Waals surface area contributed by atoms with Crippen LogP contribution in [0.1, 0.15) is 30.5 Å². The molecule has 21 heavy (non-hydrogen) atoms. The Balaban J connectivity index is 2.47. The fourth-order valence-corrected chi connectivity index (χ4v) is 2.91. The first-order chi connectivity index (χ1) is 10.0. The predicted molar refractivity (Wildman–Crippen MR) is 88.3 cm³/mol. The third-order valence-corrected chi connectivity index (χ3v) is 4.39. The third-order valence-electron chi connectivity index (χ3n) is 3.17. The van der Waals surface area contributed by atoms with Gasteiger partial charge in [0.15, 0.2) is 0 Å². The van der Waals surface area contributed by atoms with Gasteiger partial charge in [-0.1, -0.05) is 25.1 Å². The maximum atomic E-state index is 14.4. The highest BCUT2D eigenvalue weighted by molar-refractivity contribution is 9.10. The summed E-state index contributed by atoms with van der Waals surface area (Å²) in [5.74, 6) is -0.630. The van der Waals surface area contributed by atoms with Gasteiger partial charge in [-0.3, -0.25) is 0 Å². The van der Waals surface area contributed by atoms with Crippen molar-refractivity contribution in [2.45, 2.75) is 19.4 Å². The van der Waals surface area contributed by atoms with Crippen LogP contribution in [0.3, 0.4) is 0 Å². The van der Waals surface area contributed by atoms with Crippen LogP contribution in [-0.4, -0.2) is 6.54 Å². The van der Waals surface area contributed by atoms with E-state index >= 15 is 0 Å². The Morgan fingerprint density at radius 3 is 2.52 bits per heavy atom. The summed E-state index contributed by atoms with van der Waals surface area (Å²) in [4.78, 5) is 0. The molecule has 1 N–H and O–H groups in total. The molecule has 112 valence electrons. The second kappa shape index (κ2) is 7.47. The summed E-state index contributed by atoms with van der Waals surface area (Å²) in [5, 5.41) is 3.31. The lowest BCUT2D eigenvalue weighted by atomic mass is 9.98. The second-order valence-corrected chi connectivity index (χ2v) is 6.41. The molecule has 0 radical (unpaired) electrons. The van der Waals surface area contributed by atoms with E-state index in [4.69, 9.17) is 0 Å². The van der Waals surface area contributed by atoms with Crippen molar-refractivity contribution in [2.75, 3.05) is 6.54 Å². The molecule has 1 atom stereocenters. The number of hydrogen-bond donors (Lipinski definition) is 1. The molecule has 0 amide bonds. The van der Waals surface area contributed by atoms with Crippen LogP contribution in [0.2, 0.25) is 0 Å². The van der Waals surface area contributed by atoms with Crippen LogP contribution in [0, 0.1) is 11.6 Å². The van der Waals surface area contributed by atoms with Crippen LogP contribution in [0.4, 0.5) is 8.78 Å². The van der Waals surface area contributed by atoms with E-state index in [2.05, 4.69) is 37.2 Å².